The van der Waals surface area contributed by atoms with E-state index in [1.54, 1.807) is 55.5 Å². The standard InChI is InChI=1S/C20H15BrClNO4/c1-2-27-18(25)16-15-17(24)23(14-9-5-12(21)6-10-14)19(26)20(15,16)11-3-7-13(22)8-4-11/h3-10,15-16H,2H2,1H3/t15-,16-,20+/m1/s1. The second-order valence-corrected chi connectivity index (χ2v) is 7.89. The van der Waals surface area contributed by atoms with Gasteiger partial charge in [-0.25, -0.2) is 4.90 Å². The Bertz CT molecular complexity index is 943. The lowest BCUT2D eigenvalue weighted by molar-refractivity contribution is -0.147. The van der Waals surface area contributed by atoms with Gasteiger partial charge in [0, 0.05) is 9.50 Å². The van der Waals surface area contributed by atoms with Gasteiger partial charge in [-0.2, -0.15) is 0 Å². The number of nitrogens with zero attached hydrogens (tertiary/aromatic N) is 1. The van der Waals surface area contributed by atoms with Crippen LogP contribution in [0.25, 0.3) is 0 Å². The van der Waals surface area contributed by atoms with Gasteiger partial charge in [-0.3, -0.25) is 14.4 Å². The van der Waals surface area contributed by atoms with Crippen LogP contribution < -0.4 is 4.90 Å². The molecule has 0 radical (unpaired) electrons. The summed E-state index contributed by atoms with van der Waals surface area (Å²) in [5, 5.41) is 0.515. The third-order valence-electron chi connectivity index (χ3n) is 5.20. The number of fused-ring (bicyclic) bond motifs is 1. The number of ether oxygens (including phenoxy) is 1. The third-order valence-corrected chi connectivity index (χ3v) is 5.98. The molecule has 2 aliphatic rings. The topological polar surface area (TPSA) is 63.7 Å². The number of carbonyl (C=O) groups is 3. The molecule has 7 heteroatoms. The number of imide groups is 1. The fourth-order valence-electron chi connectivity index (χ4n) is 4.01. The Labute approximate surface area is 169 Å². The van der Waals surface area contributed by atoms with Crippen molar-refractivity contribution in [1.29, 1.82) is 0 Å². The summed E-state index contributed by atoms with van der Waals surface area (Å²) in [6.45, 7) is 1.89. The molecule has 2 aromatic carbocycles. The highest BCUT2D eigenvalue weighted by atomic mass is 79.9. The quantitative estimate of drug-likeness (QED) is 0.528. The minimum absolute atomic E-state index is 0.192. The zero-order valence-corrected chi connectivity index (χ0v) is 16.7. The van der Waals surface area contributed by atoms with Gasteiger partial charge in [0.1, 0.15) is 5.41 Å². The molecule has 0 N–H and O–H groups in total. The molecule has 0 spiro atoms. The number of hydrogen-bond donors (Lipinski definition) is 0. The average Bonchev–Trinajstić information content (AvgIpc) is 3.29. The van der Waals surface area contributed by atoms with Crippen LogP contribution in [0.2, 0.25) is 5.02 Å². The second kappa shape index (κ2) is 6.46. The van der Waals surface area contributed by atoms with Gasteiger partial charge in [-0.1, -0.05) is 39.7 Å². The molecule has 27 heavy (non-hydrogen) atoms. The highest BCUT2D eigenvalue weighted by Crippen LogP contribution is 2.66. The maximum absolute atomic E-state index is 13.4. The van der Waals surface area contributed by atoms with Crippen LogP contribution in [-0.4, -0.2) is 24.4 Å². The van der Waals surface area contributed by atoms with E-state index in [0.29, 0.717) is 16.3 Å². The molecule has 2 fully saturated rings. The Hall–Kier alpha value is -2.18. The molecule has 1 aliphatic heterocycles. The number of halogens is 2. The summed E-state index contributed by atoms with van der Waals surface area (Å²) in [5.74, 6) is -2.86. The van der Waals surface area contributed by atoms with Gasteiger partial charge < -0.3 is 4.74 Å². The first-order valence-electron chi connectivity index (χ1n) is 8.49. The fraction of sp³-hybridized carbons (Fsp3) is 0.250. The van der Waals surface area contributed by atoms with E-state index in [4.69, 9.17) is 16.3 Å². The number of esters is 1. The van der Waals surface area contributed by atoms with Crippen molar-refractivity contribution in [2.75, 3.05) is 11.5 Å². The van der Waals surface area contributed by atoms with E-state index in [1.807, 2.05) is 0 Å². The molecule has 1 saturated heterocycles. The molecular formula is C20H15BrClNO4. The van der Waals surface area contributed by atoms with Crippen molar-refractivity contribution in [2.45, 2.75) is 12.3 Å². The highest BCUT2D eigenvalue weighted by Gasteiger charge is 2.83. The number of piperidine rings is 1. The second-order valence-electron chi connectivity index (χ2n) is 6.54. The lowest BCUT2D eigenvalue weighted by Crippen LogP contribution is -2.40. The number of carbonyl (C=O) groups excluding carboxylic acids is 3. The Morgan fingerprint density at radius 1 is 1.15 bits per heavy atom. The van der Waals surface area contributed by atoms with E-state index in [0.717, 1.165) is 4.47 Å². The molecule has 2 aromatic rings. The van der Waals surface area contributed by atoms with Gasteiger partial charge in [0.2, 0.25) is 11.8 Å². The molecule has 5 nitrogen and oxygen atoms in total. The van der Waals surface area contributed by atoms with E-state index < -0.39 is 29.1 Å². The van der Waals surface area contributed by atoms with Gasteiger partial charge in [-0.05, 0) is 48.9 Å². The zero-order chi connectivity index (χ0) is 19.3. The van der Waals surface area contributed by atoms with Gasteiger partial charge in [0.05, 0.1) is 24.1 Å². The minimum atomic E-state index is -1.22. The Kier molecular flexibility index (Phi) is 4.35. The Balaban J connectivity index is 1.80. The summed E-state index contributed by atoms with van der Waals surface area (Å²) >= 11 is 9.31. The number of rotatable bonds is 4. The van der Waals surface area contributed by atoms with E-state index in [2.05, 4.69) is 15.9 Å². The van der Waals surface area contributed by atoms with Gasteiger partial charge >= 0.3 is 5.97 Å². The molecule has 1 aliphatic carbocycles. The summed E-state index contributed by atoms with van der Waals surface area (Å²) in [5.41, 5.74) is -0.134. The molecule has 3 atom stereocenters. The summed E-state index contributed by atoms with van der Waals surface area (Å²) in [6.07, 6.45) is 0. The van der Waals surface area contributed by atoms with Crippen molar-refractivity contribution >= 4 is 51.0 Å². The maximum atomic E-state index is 13.4. The molecular weight excluding hydrogens is 434 g/mol. The monoisotopic (exact) mass is 447 g/mol. The van der Waals surface area contributed by atoms with Crippen LogP contribution in [0.5, 0.6) is 0 Å². The summed E-state index contributed by atoms with van der Waals surface area (Å²) in [6, 6.07) is 13.6. The van der Waals surface area contributed by atoms with Crippen molar-refractivity contribution in [2.24, 2.45) is 11.8 Å². The fourth-order valence-corrected chi connectivity index (χ4v) is 4.40. The van der Waals surface area contributed by atoms with Crippen LogP contribution >= 0.6 is 27.5 Å². The van der Waals surface area contributed by atoms with Crippen molar-refractivity contribution in [3.8, 4) is 0 Å². The number of anilines is 1. The predicted molar refractivity (Wildman–Crippen MR) is 103 cm³/mol. The van der Waals surface area contributed by atoms with E-state index >= 15 is 0 Å². The molecule has 2 amide bonds. The Morgan fingerprint density at radius 2 is 1.78 bits per heavy atom. The summed E-state index contributed by atoms with van der Waals surface area (Å²) < 4.78 is 5.97. The molecule has 138 valence electrons. The van der Waals surface area contributed by atoms with Crippen LogP contribution in [-0.2, 0) is 24.5 Å². The average molecular weight is 449 g/mol. The first kappa shape index (κ1) is 18.2. The largest absolute Gasteiger partial charge is 0.466 e. The van der Waals surface area contributed by atoms with Gasteiger partial charge in [-0.15, -0.1) is 0 Å². The van der Waals surface area contributed by atoms with Gasteiger partial charge in [0.25, 0.3) is 0 Å². The molecule has 1 heterocycles. The molecule has 0 bridgehead atoms. The van der Waals surface area contributed by atoms with E-state index in [-0.39, 0.29) is 12.5 Å². The first-order valence-corrected chi connectivity index (χ1v) is 9.66. The lowest BCUT2D eigenvalue weighted by Gasteiger charge is -2.22. The first-order chi connectivity index (χ1) is 12.9. The predicted octanol–water partition coefficient (Wildman–Crippen LogP) is 3.72. The van der Waals surface area contributed by atoms with Crippen LogP contribution in [0, 0.1) is 11.8 Å². The highest BCUT2D eigenvalue weighted by molar-refractivity contribution is 9.10. The zero-order valence-electron chi connectivity index (χ0n) is 14.3. The minimum Gasteiger partial charge on any atom is -0.466 e. The maximum Gasteiger partial charge on any atom is 0.311 e. The smallest absolute Gasteiger partial charge is 0.311 e. The number of amides is 2. The van der Waals surface area contributed by atoms with Crippen LogP contribution in [0.4, 0.5) is 5.69 Å². The molecule has 0 unspecified atom stereocenters. The van der Waals surface area contributed by atoms with E-state index in [1.165, 1.54) is 4.90 Å². The molecule has 0 aromatic heterocycles. The SMILES string of the molecule is CCOC(=O)[C@H]1[C@@H]2C(=O)N(c3ccc(Br)cc3)C(=O)[C@]12c1ccc(Cl)cc1. The third kappa shape index (κ3) is 2.54. The van der Waals surface area contributed by atoms with Crippen LogP contribution in [0.1, 0.15) is 12.5 Å². The van der Waals surface area contributed by atoms with E-state index in [9.17, 15) is 14.4 Å². The Morgan fingerprint density at radius 3 is 2.37 bits per heavy atom. The van der Waals surface area contributed by atoms with Crippen molar-refractivity contribution in [3.63, 3.8) is 0 Å². The normalized spacial score (nSPS) is 26.1. The molecule has 1 saturated carbocycles. The molecule has 4 rings (SSSR count). The lowest BCUT2D eigenvalue weighted by atomic mass is 9.91. The van der Waals surface area contributed by atoms with Crippen LogP contribution in [0.3, 0.4) is 0 Å². The van der Waals surface area contributed by atoms with Crippen molar-refractivity contribution in [1.82, 2.24) is 0 Å². The summed E-state index contributed by atoms with van der Waals surface area (Å²) in [4.78, 5) is 40.1. The number of hydrogen-bond acceptors (Lipinski definition) is 4. The van der Waals surface area contributed by atoms with Gasteiger partial charge in [0.15, 0.2) is 0 Å². The van der Waals surface area contributed by atoms with Crippen molar-refractivity contribution < 1.29 is 19.1 Å². The van der Waals surface area contributed by atoms with Crippen LogP contribution in [0.15, 0.2) is 53.0 Å². The number of benzene rings is 2. The summed E-state index contributed by atoms with van der Waals surface area (Å²) in [7, 11) is 0. The van der Waals surface area contributed by atoms with Crippen molar-refractivity contribution in [3.05, 3.63) is 63.6 Å².